The summed E-state index contributed by atoms with van der Waals surface area (Å²) in [5.41, 5.74) is 0. The highest BCUT2D eigenvalue weighted by Gasteiger charge is 1.84. The Morgan fingerprint density at radius 1 is 1.86 bits per heavy atom. The molecule has 0 aliphatic carbocycles. The van der Waals surface area contributed by atoms with E-state index in [0.717, 1.165) is 5.82 Å². The summed E-state index contributed by atoms with van der Waals surface area (Å²) in [6, 6.07) is 0. The Balaban J connectivity index is 2.76. The third-order valence-electron chi connectivity index (χ3n) is 0.735. The van der Waals surface area contributed by atoms with Crippen LogP contribution in [0.5, 0.6) is 0 Å². The first-order valence-electron chi connectivity index (χ1n) is 2.10. The fourth-order valence-electron chi connectivity index (χ4n) is 0.402. The Hall–Kier alpha value is -0.790. The van der Waals surface area contributed by atoms with Gasteiger partial charge in [0.1, 0.15) is 5.82 Å². The molecule has 1 N–H and O–H groups in total. The summed E-state index contributed by atoms with van der Waals surface area (Å²) in [6.45, 7) is 1.82. The molecule has 0 aromatic carbocycles. The third-order valence-corrected chi connectivity index (χ3v) is 0.735. The van der Waals surface area contributed by atoms with Crippen LogP contribution in [-0.2, 0) is 0 Å². The quantitative estimate of drug-likeness (QED) is 0.549. The number of aromatic nitrogens is 2. The van der Waals surface area contributed by atoms with E-state index in [-0.39, 0.29) is 0 Å². The SMILES string of the molecule is C[C]c1ncc[nH]1. The summed E-state index contributed by atoms with van der Waals surface area (Å²) in [5.74, 6) is 0.806. The van der Waals surface area contributed by atoms with E-state index in [4.69, 9.17) is 0 Å². The van der Waals surface area contributed by atoms with Crippen LogP contribution < -0.4 is 0 Å². The van der Waals surface area contributed by atoms with Crippen molar-refractivity contribution in [3.8, 4) is 0 Å². The predicted molar refractivity (Wildman–Crippen MR) is 26.6 cm³/mol. The van der Waals surface area contributed by atoms with Crippen molar-refractivity contribution < 1.29 is 0 Å². The number of imidazole rings is 1. The van der Waals surface area contributed by atoms with Crippen LogP contribution in [0.2, 0.25) is 0 Å². The van der Waals surface area contributed by atoms with Gasteiger partial charge in [-0.1, -0.05) is 6.92 Å². The predicted octanol–water partition coefficient (Wildman–Crippen LogP) is 0.859. The Kier molecular flexibility index (Phi) is 1.11. The smallest absolute Gasteiger partial charge is 0.114 e. The number of aromatic amines is 1. The molecule has 0 atom stereocenters. The second-order valence-electron chi connectivity index (χ2n) is 1.19. The van der Waals surface area contributed by atoms with E-state index in [1.807, 2.05) is 6.92 Å². The van der Waals surface area contributed by atoms with Crippen molar-refractivity contribution in [1.29, 1.82) is 0 Å². The van der Waals surface area contributed by atoms with Gasteiger partial charge < -0.3 is 4.98 Å². The van der Waals surface area contributed by atoms with Crippen LogP contribution in [0.15, 0.2) is 12.4 Å². The summed E-state index contributed by atoms with van der Waals surface area (Å²) in [7, 11) is 0. The second kappa shape index (κ2) is 1.78. The summed E-state index contributed by atoms with van der Waals surface area (Å²) in [4.78, 5) is 6.73. The molecular formula is C5H6N2. The molecule has 0 aliphatic rings. The maximum absolute atomic E-state index is 3.87. The number of rotatable bonds is 1. The van der Waals surface area contributed by atoms with E-state index < -0.39 is 0 Å². The van der Waals surface area contributed by atoms with Crippen molar-refractivity contribution in [3.05, 3.63) is 24.6 Å². The molecule has 2 radical (unpaired) electrons. The zero-order valence-electron chi connectivity index (χ0n) is 4.10. The van der Waals surface area contributed by atoms with E-state index in [9.17, 15) is 0 Å². The number of nitrogens with one attached hydrogen (secondary N) is 1. The summed E-state index contributed by atoms with van der Waals surface area (Å²) < 4.78 is 0. The molecule has 0 amide bonds. The van der Waals surface area contributed by atoms with Gasteiger partial charge in [-0.15, -0.1) is 0 Å². The van der Waals surface area contributed by atoms with Gasteiger partial charge in [0.25, 0.3) is 0 Å². The molecule has 0 spiro atoms. The van der Waals surface area contributed by atoms with E-state index >= 15 is 0 Å². The van der Waals surface area contributed by atoms with Gasteiger partial charge >= 0.3 is 0 Å². The fourth-order valence-corrected chi connectivity index (χ4v) is 0.402. The highest BCUT2D eigenvalue weighted by Crippen LogP contribution is 1.88. The minimum absolute atomic E-state index is 0.806. The van der Waals surface area contributed by atoms with Gasteiger partial charge in [0.15, 0.2) is 0 Å². The lowest BCUT2D eigenvalue weighted by Gasteiger charge is -1.78. The molecule has 1 rings (SSSR count). The first kappa shape index (κ1) is 4.37. The lowest BCUT2D eigenvalue weighted by atomic mass is 10.5. The molecule has 0 fully saturated rings. The molecule has 36 valence electrons. The van der Waals surface area contributed by atoms with Crippen LogP contribution in [0, 0.1) is 6.42 Å². The molecule has 7 heavy (non-hydrogen) atoms. The Morgan fingerprint density at radius 3 is 3.00 bits per heavy atom. The Morgan fingerprint density at radius 2 is 2.71 bits per heavy atom. The van der Waals surface area contributed by atoms with Gasteiger partial charge in [-0.3, -0.25) is 0 Å². The first-order valence-corrected chi connectivity index (χ1v) is 2.10. The molecule has 0 bridgehead atoms. The van der Waals surface area contributed by atoms with Crippen LogP contribution in [0.4, 0.5) is 0 Å². The van der Waals surface area contributed by atoms with Crippen molar-refractivity contribution in [2.24, 2.45) is 0 Å². The fraction of sp³-hybridized carbons (Fsp3) is 0.200. The first-order chi connectivity index (χ1) is 3.43. The average molecular weight is 94.1 g/mol. The van der Waals surface area contributed by atoms with Crippen molar-refractivity contribution >= 4 is 0 Å². The van der Waals surface area contributed by atoms with Crippen LogP contribution in [0.3, 0.4) is 0 Å². The summed E-state index contributed by atoms with van der Waals surface area (Å²) in [5, 5.41) is 0. The zero-order valence-corrected chi connectivity index (χ0v) is 4.10. The van der Waals surface area contributed by atoms with Crippen LogP contribution in [0.1, 0.15) is 12.7 Å². The summed E-state index contributed by atoms with van der Waals surface area (Å²) >= 11 is 0. The van der Waals surface area contributed by atoms with Crippen LogP contribution in [0.25, 0.3) is 0 Å². The maximum atomic E-state index is 3.87. The molecular weight excluding hydrogens is 88.1 g/mol. The number of hydrogen-bond donors (Lipinski definition) is 1. The van der Waals surface area contributed by atoms with Crippen molar-refractivity contribution in [1.82, 2.24) is 9.97 Å². The van der Waals surface area contributed by atoms with Gasteiger partial charge in [0.2, 0.25) is 0 Å². The highest BCUT2D eigenvalue weighted by atomic mass is 14.9. The maximum Gasteiger partial charge on any atom is 0.114 e. The van der Waals surface area contributed by atoms with Gasteiger partial charge in [-0.25, -0.2) is 4.98 Å². The molecule has 0 saturated heterocycles. The average Bonchev–Trinajstić information content (AvgIpc) is 2.14. The monoisotopic (exact) mass is 94.1 g/mol. The second-order valence-corrected chi connectivity index (χ2v) is 1.19. The van der Waals surface area contributed by atoms with Crippen LogP contribution >= 0.6 is 0 Å². The van der Waals surface area contributed by atoms with E-state index in [1.165, 1.54) is 0 Å². The normalized spacial score (nSPS) is 9.29. The Bertz CT molecular complexity index is 121. The van der Waals surface area contributed by atoms with Gasteiger partial charge in [0, 0.05) is 12.4 Å². The molecule has 0 aliphatic heterocycles. The standard InChI is InChI=1S/C5H6N2/c1-2-5-6-3-4-7-5/h3-4H,1H3,(H,6,7). The van der Waals surface area contributed by atoms with Gasteiger partial charge in [-0.2, -0.15) is 0 Å². The van der Waals surface area contributed by atoms with Gasteiger partial charge in [0.05, 0.1) is 6.42 Å². The lowest BCUT2D eigenvalue weighted by molar-refractivity contribution is 1.15. The molecule has 1 heterocycles. The molecule has 1 aromatic rings. The third kappa shape index (κ3) is 0.796. The molecule has 2 nitrogen and oxygen atoms in total. The highest BCUT2D eigenvalue weighted by molar-refractivity contribution is 4.97. The lowest BCUT2D eigenvalue weighted by Crippen LogP contribution is -1.75. The van der Waals surface area contributed by atoms with Gasteiger partial charge in [-0.05, 0) is 0 Å². The van der Waals surface area contributed by atoms with Crippen molar-refractivity contribution in [3.63, 3.8) is 0 Å². The number of nitrogens with zero attached hydrogens (tertiary/aromatic N) is 1. The number of hydrogen-bond acceptors (Lipinski definition) is 1. The van der Waals surface area contributed by atoms with E-state index in [0.29, 0.717) is 0 Å². The van der Waals surface area contributed by atoms with E-state index in [1.54, 1.807) is 12.4 Å². The minimum Gasteiger partial charge on any atom is -0.348 e. The minimum atomic E-state index is 0.806. The van der Waals surface area contributed by atoms with Crippen molar-refractivity contribution in [2.45, 2.75) is 6.92 Å². The van der Waals surface area contributed by atoms with Crippen LogP contribution in [-0.4, -0.2) is 9.97 Å². The zero-order chi connectivity index (χ0) is 5.11. The number of H-pyrrole nitrogens is 1. The molecule has 0 saturated carbocycles. The van der Waals surface area contributed by atoms with E-state index in [2.05, 4.69) is 16.4 Å². The Labute approximate surface area is 42.6 Å². The molecule has 1 aromatic heterocycles. The molecule has 0 unspecified atom stereocenters. The topological polar surface area (TPSA) is 28.7 Å². The molecule has 2 heteroatoms. The van der Waals surface area contributed by atoms with Crippen molar-refractivity contribution in [2.75, 3.05) is 0 Å². The summed E-state index contributed by atoms with van der Waals surface area (Å²) in [6.07, 6.45) is 6.31. The largest absolute Gasteiger partial charge is 0.348 e.